The van der Waals surface area contributed by atoms with Crippen molar-refractivity contribution in [2.24, 2.45) is 0 Å². The number of terminal acetylenes is 1. The molecule has 2 heterocycles. The predicted molar refractivity (Wildman–Crippen MR) is 110 cm³/mol. The van der Waals surface area contributed by atoms with E-state index in [9.17, 15) is 4.79 Å². The highest BCUT2D eigenvalue weighted by molar-refractivity contribution is 7.98. The van der Waals surface area contributed by atoms with Gasteiger partial charge in [-0.1, -0.05) is 17.2 Å². The van der Waals surface area contributed by atoms with Gasteiger partial charge in [0.25, 0.3) is 0 Å². The number of aryl methyl sites for hydroxylation is 2. The van der Waals surface area contributed by atoms with E-state index in [-0.39, 0.29) is 6.03 Å². The highest BCUT2D eigenvalue weighted by Gasteiger charge is 2.22. The van der Waals surface area contributed by atoms with Crippen molar-refractivity contribution in [2.45, 2.75) is 33.4 Å². The van der Waals surface area contributed by atoms with Gasteiger partial charge >= 0.3 is 6.03 Å². The molecule has 0 unspecified atom stereocenters. The Balaban J connectivity index is 1.77. The van der Waals surface area contributed by atoms with E-state index in [2.05, 4.69) is 21.3 Å². The molecule has 0 atom stereocenters. The molecule has 0 aromatic carbocycles. The van der Waals surface area contributed by atoms with Crippen molar-refractivity contribution in [1.29, 1.82) is 0 Å². The fraction of sp³-hybridized carbons (Fsp3) is 0.500. The zero-order valence-electron chi connectivity index (χ0n) is 16.5. The standard InChI is InChI=1S/C20H28N4O2S/c1-6-8-19(15(3)7-2)23-9-11-24(12-10-23)20(25)21-14-27-13-18-16(4)22-26-17(18)5/h2,6,8H,9-14H2,1,3-5H3,(H,21,25)/b8-6-,19-15+. The molecule has 1 fully saturated rings. The summed E-state index contributed by atoms with van der Waals surface area (Å²) in [6.45, 7) is 10.7. The molecule has 0 radical (unpaired) electrons. The third-order valence-corrected chi connectivity index (χ3v) is 5.43. The zero-order valence-corrected chi connectivity index (χ0v) is 17.4. The lowest BCUT2D eigenvalue weighted by molar-refractivity contribution is 0.160. The van der Waals surface area contributed by atoms with Crippen molar-refractivity contribution in [1.82, 2.24) is 20.3 Å². The highest BCUT2D eigenvalue weighted by atomic mass is 32.2. The second-order valence-electron chi connectivity index (χ2n) is 6.41. The van der Waals surface area contributed by atoms with Gasteiger partial charge < -0.3 is 19.6 Å². The first kappa shape index (κ1) is 21.0. The van der Waals surface area contributed by atoms with Gasteiger partial charge in [0.2, 0.25) is 0 Å². The monoisotopic (exact) mass is 388 g/mol. The molecule has 146 valence electrons. The number of amides is 2. The van der Waals surface area contributed by atoms with Crippen LogP contribution < -0.4 is 5.32 Å². The van der Waals surface area contributed by atoms with Gasteiger partial charge in [0.15, 0.2) is 0 Å². The number of allylic oxidation sites excluding steroid dienone is 3. The average Bonchev–Trinajstić information content (AvgIpc) is 3.00. The first-order chi connectivity index (χ1) is 13.0. The van der Waals surface area contributed by atoms with Gasteiger partial charge in [-0.15, -0.1) is 18.2 Å². The van der Waals surface area contributed by atoms with Crippen molar-refractivity contribution < 1.29 is 9.32 Å². The van der Waals surface area contributed by atoms with Crippen molar-refractivity contribution >= 4 is 17.8 Å². The molecule has 2 amide bonds. The summed E-state index contributed by atoms with van der Waals surface area (Å²) in [4.78, 5) is 16.5. The van der Waals surface area contributed by atoms with E-state index in [0.717, 1.165) is 47.1 Å². The Hall–Kier alpha value is -2.33. The van der Waals surface area contributed by atoms with E-state index in [1.165, 1.54) is 0 Å². The van der Waals surface area contributed by atoms with Gasteiger partial charge in [-0.05, 0) is 33.8 Å². The van der Waals surface area contributed by atoms with E-state index in [1.807, 2.05) is 44.7 Å². The number of thioether (sulfide) groups is 1. The summed E-state index contributed by atoms with van der Waals surface area (Å²) >= 11 is 1.64. The lowest BCUT2D eigenvalue weighted by atomic mass is 10.1. The molecule has 0 saturated carbocycles. The smallest absolute Gasteiger partial charge is 0.318 e. The van der Waals surface area contributed by atoms with E-state index in [4.69, 9.17) is 10.9 Å². The van der Waals surface area contributed by atoms with Crippen molar-refractivity contribution in [3.63, 3.8) is 0 Å². The first-order valence-corrected chi connectivity index (χ1v) is 10.2. The third kappa shape index (κ3) is 5.57. The summed E-state index contributed by atoms with van der Waals surface area (Å²) in [5, 5.41) is 6.93. The average molecular weight is 389 g/mol. The van der Waals surface area contributed by atoms with E-state index in [1.54, 1.807) is 11.8 Å². The van der Waals surface area contributed by atoms with Gasteiger partial charge in [0.1, 0.15) is 5.76 Å². The minimum atomic E-state index is -0.0221. The maximum atomic E-state index is 12.4. The Morgan fingerprint density at radius 2 is 2.00 bits per heavy atom. The number of hydrogen-bond acceptors (Lipinski definition) is 5. The Morgan fingerprint density at radius 1 is 1.33 bits per heavy atom. The number of piperazine rings is 1. The van der Waals surface area contributed by atoms with Crippen LogP contribution in [0.4, 0.5) is 4.79 Å². The molecule has 1 aromatic rings. The lowest BCUT2D eigenvalue weighted by Gasteiger charge is -2.37. The number of carbonyl (C=O) groups is 1. The summed E-state index contributed by atoms with van der Waals surface area (Å²) in [6.07, 6.45) is 9.58. The second kappa shape index (κ2) is 10.1. The second-order valence-corrected chi connectivity index (χ2v) is 7.39. The van der Waals surface area contributed by atoms with Crippen molar-refractivity contribution in [3.8, 4) is 12.3 Å². The SMILES string of the molecule is C#C/C(C)=C(\C=C/C)N1CCN(C(=O)NCSCc2c(C)noc2C)CC1. The molecular formula is C20H28N4O2S. The van der Waals surface area contributed by atoms with E-state index < -0.39 is 0 Å². The predicted octanol–water partition coefficient (Wildman–Crippen LogP) is 3.29. The molecule has 0 bridgehead atoms. The molecular weight excluding hydrogens is 360 g/mol. The number of carbonyl (C=O) groups excluding carboxylic acids is 1. The van der Waals surface area contributed by atoms with Crippen molar-refractivity contribution in [2.75, 3.05) is 32.1 Å². The zero-order chi connectivity index (χ0) is 19.8. The van der Waals surface area contributed by atoms with Crippen LogP contribution >= 0.6 is 11.8 Å². The molecule has 7 heteroatoms. The first-order valence-electron chi connectivity index (χ1n) is 9.05. The van der Waals surface area contributed by atoms with Crippen LogP contribution in [0.1, 0.15) is 30.9 Å². The number of nitrogens with one attached hydrogen (secondary N) is 1. The Morgan fingerprint density at radius 3 is 2.56 bits per heavy atom. The quantitative estimate of drug-likeness (QED) is 0.351. The molecule has 0 spiro atoms. The topological polar surface area (TPSA) is 61.6 Å². The summed E-state index contributed by atoms with van der Waals surface area (Å²) in [5.74, 6) is 4.89. The lowest BCUT2D eigenvalue weighted by Crippen LogP contribution is -2.51. The third-order valence-electron chi connectivity index (χ3n) is 4.59. The van der Waals surface area contributed by atoms with Gasteiger partial charge in [-0.2, -0.15) is 0 Å². The van der Waals surface area contributed by atoms with E-state index in [0.29, 0.717) is 19.0 Å². The molecule has 27 heavy (non-hydrogen) atoms. The molecule has 1 aliphatic heterocycles. The molecule has 6 nitrogen and oxygen atoms in total. The number of urea groups is 1. The fourth-order valence-corrected chi connectivity index (χ4v) is 3.88. The van der Waals surface area contributed by atoms with Crippen LogP contribution in [0.5, 0.6) is 0 Å². The number of aromatic nitrogens is 1. The summed E-state index contributed by atoms with van der Waals surface area (Å²) in [6, 6.07) is -0.0221. The van der Waals surface area contributed by atoms with Gasteiger partial charge in [-0.25, -0.2) is 4.79 Å². The largest absolute Gasteiger partial charge is 0.367 e. The summed E-state index contributed by atoms with van der Waals surface area (Å²) < 4.78 is 5.16. The van der Waals surface area contributed by atoms with Crippen LogP contribution in [0, 0.1) is 26.2 Å². The van der Waals surface area contributed by atoms with Crippen LogP contribution in [0.25, 0.3) is 0 Å². The number of rotatable bonds is 6. The van der Waals surface area contributed by atoms with Crippen molar-refractivity contribution in [3.05, 3.63) is 40.4 Å². The highest BCUT2D eigenvalue weighted by Crippen LogP contribution is 2.19. The Kier molecular flexibility index (Phi) is 7.86. The van der Waals surface area contributed by atoms with E-state index >= 15 is 0 Å². The van der Waals surface area contributed by atoms with Crippen LogP contribution in [-0.2, 0) is 5.75 Å². The number of hydrogen-bond donors (Lipinski definition) is 1. The minimum Gasteiger partial charge on any atom is -0.367 e. The molecule has 1 saturated heterocycles. The molecule has 2 rings (SSSR count). The maximum absolute atomic E-state index is 12.4. The molecule has 0 aliphatic carbocycles. The summed E-state index contributed by atoms with van der Waals surface area (Å²) in [5.41, 5.74) is 4.00. The normalized spacial score (nSPS) is 15.7. The number of nitrogens with zero attached hydrogens (tertiary/aromatic N) is 3. The Labute approximate surface area is 166 Å². The molecule has 1 aromatic heterocycles. The van der Waals surface area contributed by atoms with Crippen LogP contribution in [0.3, 0.4) is 0 Å². The van der Waals surface area contributed by atoms with Crippen LogP contribution in [0.15, 0.2) is 27.9 Å². The summed E-state index contributed by atoms with van der Waals surface area (Å²) in [7, 11) is 0. The van der Waals surface area contributed by atoms with Gasteiger partial charge in [0, 0.05) is 48.8 Å². The minimum absolute atomic E-state index is 0.0221. The van der Waals surface area contributed by atoms with Gasteiger partial charge in [-0.3, -0.25) is 0 Å². The van der Waals surface area contributed by atoms with Crippen LogP contribution in [-0.4, -0.2) is 53.0 Å². The molecule has 1 aliphatic rings. The van der Waals surface area contributed by atoms with Gasteiger partial charge in [0.05, 0.1) is 11.6 Å². The van der Waals surface area contributed by atoms with Crippen LogP contribution in [0.2, 0.25) is 0 Å². The fourth-order valence-electron chi connectivity index (χ4n) is 2.94. The maximum Gasteiger partial charge on any atom is 0.318 e. The Bertz CT molecular complexity index is 733. The molecule has 1 N–H and O–H groups in total.